The van der Waals surface area contributed by atoms with Gasteiger partial charge in [0.05, 0.1) is 10.7 Å². The number of aromatic nitrogens is 1. The highest BCUT2D eigenvalue weighted by atomic mass is 32.1. The molecule has 2 N–H and O–H groups in total. The molecule has 1 aliphatic heterocycles. The highest BCUT2D eigenvalue weighted by Crippen LogP contribution is 2.21. The maximum Gasteiger partial charge on any atom is 0.191 e. The molecule has 2 aliphatic rings. The molecule has 2 heterocycles. The fourth-order valence-corrected chi connectivity index (χ4v) is 3.60. The van der Waals surface area contributed by atoms with Crippen molar-refractivity contribution in [2.45, 2.75) is 52.1 Å². The van der Waals surface area contributed by atoms with E-state index in [2.05, 4.69) is 39.7 Å². The Balaban J connectivity index is 1.41. The van der Waals surface area contributed by atoms with Gasteiger partial charge in [-0.2, -0.15) is 0 Å². The summed E-state index contributed by atoms with van der Waals surface area (Å²) in [6.45, 7) is 9.44. The average molecular weight is 336 g/mol. The molecule has 0 spiro atoms. The smallest absolute Gasteiger partial charge is 0.191 e. The molecular weight excluding hydrogens is 306 g/mol. The minimum Gasteiger partial charge on any atom is -0.357 e. The Kier molecular flexibility index (Phi) is 5.89. The van der Waals surface area contributed by atoms with E-state index in [-0.39, 0.29) is 0 Å². The lowest BCUT2D eigenvalue weighted by atomic mass is 9.97. The highest BCUT2D eigenvalue weighted by molar-refractivity contribution is 7.09. The lowest BCUT2D eigenvalue weighted by Crippen LogP contribution is -2.39. The molecule has 1 aliphatic carbocycles. The zero-order chi connectivity index (χ0) is 16.1. The van der Waals surface area contributed by atoms with Gasteiger partial charge in [-0.3, -0.25) is 9.89 Å². The summed E-state index contributed by atoms with van der Waals surface area (Å²) in [7, 11) is 0. The van der Waals surface area contributed by atoms with Crippen LogP contribution in [0.15, 0.2) is 10.4 Å². The van der Waals surface area contributed by atoms with Gasteiger partial charge >= 0.3 is 0 Å². The van der Waals surface area contributed by atoms with E-state index in [9.17, 15) is 0 Å². The van der Waals surface area contributed by atoms with Gasteiger partial charge in [0.1, 0.15) is 0 Å². The minimum absolute atomic E-state index is 0.663. The van der Waals surface area contributed by atoms with E-state index in [1.807, 2.05) is 0 Å². The number of rotatable bonds is 6. The molecule has 1 saturated heterocycles. The summed E-state index contributed by atoms with van der Waals surface area (Å²) in [5.74, 6) is 1.73. The summed E-state index contributed by atoms with van der Waals surface area (Å²) in [6.07, 6.45) is 5.07. The second-order valence-electron chi connectivity index (χ2n) is 6.72. The number of aryl methyl sites for hydroxylation is 1. The zero-order valence-electron chi connectivity index (χ0n) is 14.3. The largest absolute Gasteiger partial charge is 0.357 e. The van der Waals surface area contributed by atoms with Gasteiger partial charge in [-0.15, -0.1) is 11.3 Å². The van der Waals surface area contributed by atoms with Crippen LogP contribution in [0.2, 0.25) is 0 Å². The molecule has 0 atom stereocenters. The molecule has 1 aromatic heterocycles. The molecule has 1 saturated carbocycles. The van der Waals surface area contributed by atoms with Crippen LogP contribution in [0.5, 0.6) is 0 Å². The molecular formula is C17H29N5S. The van der Waals surface area contributed by atoms with Gasteiger partial charge in [-0.05, 0) is 58.5 Å². The number of thiazole rings is 1. The second kappa shape index (κ2) is 8.11. The molecule has 5 nitrogen and oxygen atoms in total. The molecule has 0 bridgehead atoms. The summed E-state index contributed by atoms with van der Waals surface area (Å²) >= 11 is 1.75. The van der Waals surface area contributed by atoms with Crippen molar-refractivity contribution < 1.29 is 0 Å². The Morgan fingerprint density at radius 3 is 2.74 bits per heavy atom. The van der Waals surface area contributed by atoms with Crippen molar-refractivity contribution in [1.29, 1.82) is 0 Å². The van der Waals surface area contributed by atoms with E-state index in [0.717, 1.165) is 31.5 Å². The third-order valence-electron chi connectivity index (χ3n) is 4.53. The van der Waals surface area contributed by atoms with Crippen LogP contribution in [-0.4, -0.2) is 48.1 Å². The average Bonchev–Trinajstić information content (AvgIpc) is 3.27. The lowest BCUT2D eigenvalue weighted by molar-refractivity contribution is 0.179. The van der Waals surface area contributed by atoms with Crippen LogP contribution in [0.3, 0.4) is 0 Å². The number of nitrogens with zero attached hydrogens (tertiary/aromatic N) is 3. The Morgan fingerprint density at radius 1 is 1.35 bits per heavy atom. The van der Waals surface area contributed by atoms with Crippen LogP contribution in [0, 0.1) is 12.8 Å². The van der Waals surface area contributed by atoms with E-state index >= 15 is 0 Å². The summed E-state index contributed by atoms with van der Waals surface area (Å²) < 4.78 is 0. The maximum absolute atomic E-state index is 4.79. The molecule has 0 radical (unpaired) electrons. The molecule has 0 unspecified atom stereocenters. The third kappa shape index (κ3) is 5.46. The van der Waals surface area contributed by atoms with Gasteiger partial charge in [-0.1, -0.05) is 0 Å². The van der Waals surface area contributed by atoms with E-state index in [0.29, 0.717) is 6.04 Å². The summed E-state index contributed by atoms with van der Waals surface area (Å²) in [5, 5.41) is 10.2. The molecule has 1 aromatic rings. The highest BCUT2D eigenvalue weighted by Gasteiger charge is 2.23. The molecule has 2 fully saturated rings. The summed E-state index contributed by atoms with van der Waals surface area (Å²) in [5.41, 5.74) is 1.23. The quantitative estimate of drug-likeness (QED) is 0.619. The second-order valence-corrected chi connectivity index (χ2v) is 7.78. The van der Waals surface area contributed by atoms with Gasteiger partial charge in [0.2, 0.25) is 0 Å². The van der Waals surface area contributed by atoms with Crippen molar-refractivity contribution in [1.82, 2.24) is 20.5 Å². The van der Waals surface area contributed by atoms with Crippen molar-refractivity contribution in [3.8, 4) is 0 Å². The fraction of sp³-hybridized carbons (Fsp3) is 0.765. The minimum atomic E-state index is 0.663. The van der Waals surface area contributed by atoms with Crippen molar-refractivity contribution in [3.63, 3.8) is 0 Å². The molecule has 3 rings (SSSR count). The number of nitrogens with one attached hydrogen (secondary N) is 2. The van der Waals surface area contributed by atoms with E-state index in [4.69, 9.17) is 4.99 Å². The van der Waals surface area contributed by atoms with Gasteiger partial charge < -0.3 is 10.6 Å². The van der Waals surface area contributed by atoms with Crippen molar-refractivity contribution >= 4 is 17.3 Å². The number of aliphatic imine (C=N–C) groups is 1. The first kappa shape index (κ1) is 16.7. The van der Waals surface area contributed by atoms with Crippen molar-refractivity contribution in [2.24, 2.45) is 10.9 Å². The standard InChI is InChI=1S/C17H29N5S/c1-3-18-17(21-15-4-5-15)19-10-14-6-8-22(9-7-14)11-16-12-23-13(2)20-16/h12,14-15H,3-11H2,1-2H3,(H2,18,19,21). The molecule has 6 heteroatoms. The number of piperidine rings is 1. The first-order valence-corrected chi connectivity index (χ1v) is 9.79. The van der Waals surface area contributed by atoms with Crippen molar-refractivity contribution in [2.75, 3.05) is 26.2 Å². The van der Waals surface area contributed by atoms with E-state index in [1.165, 1.54) is 49.5 Å². The van der Waals surface area contributed by atoms with Crippen LogP contribution < -0.4 is 10.6 Å². The van der Waals surface area contributed by atoms with Crippen LogP contribution in [0.25, 0.3) is 0 Å². The summed E-state index contributed by atoms with van der Waals surface area (Å²) in [6, 6.07) is 0.663. The monoisotopic (exact) mass is 335 g/mol. The van der Waals surface area contributed by atoms with Crippen molar-refractivity contribution in [3.05, 3.63) is 16.1 Å². The Bertz CT molecular complexity index is 515. The summed E-state index contributed by atoms with van der Waals surface area (Å²) in [4.78, 5) is 11.9. The van der Waals surface area contributed by atoms with E-state index < -0.39 is 0 Å². The topological polar surface area (TPSA) is 52.6 Å². The predicted molar refractivity (Wildman–Crippen MR) is 97.0 cm³/mol. The van der Waals surface area contributed by atoms with Crippen LogP contribution in [0.1, 0.15) is 43.3 Å². The van der Waals surface area contributed by atoms with Crippen LogP contribution >= 0.6 is 11.3 Å². The molecule has 128 valence electrons. The Hall–Kier alpha value is -1.14. The Morgan fingerprint density at radius 2 is 2.13 bits per heavy atom. The van der Waals surface area contributed by atoms with Gasteiger partial charge in [0.15, 0.2) is 5.96 Å². The Labute approximate surface area is 143 Å². The zero-order valence-corrected chi connectivity index (χ0v) is 15.2. The molecule has 23 heavy (non-hydrogen) atoms. The van der Waals surface area contributed by atoms with Gasteiger partial charge in [-0.25, -0.2) is 4.98 Å². The number of likely N-dealkylation sites (tertiary alicyclic amines) is 1. The normalized spacial score (nSPS) is 20.7. The lowest BCUT2D eigenvalue weighted by Gasteiger charge is -2.30. The predicted octanol–water partition coefficient (Wildman–Crippen LogP) is 2.38. The third-order valence-corrected chi connectivity index (χ3v) is 5.35. The molecule has 0 amide bonds. The SMILES string of the molecule is CCNC(=NCC1CCN(Cc2csc(C)n2)CC1)NC1CC1. The van der Waals surface area contributed by atoms with Crippen LogP contribution in [-0.2, 0) is 6.54 Å². The van der Waals surface area contributed by atoms with Gasteiger partial charge in [0, 0.05) is 31.1 Å². The number of hydrogen-bond donors (Lipinski definition) is 2. The fourth-order valence-electron chi connectivity index (χ4n) is 3.00. The van der Waals surface area contributed by atoms with Gasteiger partial charge in [0.25, 0.3) is 0 Å². The first-order chi connectivity index (χ1) is 11.2. The van der Waals surface area contributed by atoms with E-state index in [1.54, 1.807) is 11.3 Å². The number of guanidine groups is 1. The van der Waals surface area contributed by atoms with Crippen LogP contribution in [0.4, 0.5) is 0 Å². The molecule has 0 aromatic carbocycles. The first-order valence-electron chi connectivity index (χ1n) is 8.91. The maximum atomic E-state index is 4.79. The number of hydrogen-bond acceptors (Lipinski definition) is 4.